The largest absolute Gasteiger partial charge is 0.480 e. The number of carbonyl (C=O) groups excluding carboxylic acids is 3. The number of thioether (sulfide) groups is 2. The summed E-state index contributed by atoms with van der Waals surface area (Å²) >= 11 is 3.17. The second-order valence-corrected chi connectivity index (χ2v) is 14.8. The molecule has 0 spiro atoms. The molecule has 52 heavy (non-hydrogen) atoms. The summed E-state index contributed by atoms with van der Waals surface area (Å²) in [5, 5.41) is 16.6. The van der Waals surface area contributed by atoms with Crippen molar-refractivity contribution in [3.8, 4) is 0 Å². The van der Waals surface area contributed by atoms with Crippen molar-refractivity contribution in [1.29, 1.82) is 0 Å². The minimum Gasteiger partial charge on any atom is -0.480 e. The molecule has 0 fully saturated rings. The molecule has 0 aliphatic heterocycles. The van der Waals surface area contributed by atoms with E-state index in [2.05, 4.69) is 55.4 Å². The number of hydrogen-bond donors (Lipinski definition) is 6. The highest BCUT2D eigenvalue weighted by atomic mass is 32.2. The van der Waals surface area contributed by atoms with Crippen LogP contribution >= 0.6 is 23.5 Å². The highest BCUT2D eigenvalue weighted by Gasteiger charge is 2.18. The highest BCUT2D eigenvalue weighted by Crippen LogP contribution is 2.13. The van der Waals surface area contributed by atoms with Gasteiger partial charge in [-0.15, -0.1) is 0 Å². The smallest absolute Gasteiger partial charge is 0.331 e. The zero-order valence-corrected chi connectivity index (χ0v) is 35.1. The second kappa shape index (κ2) is 35.3. The normalized spacial score (nSPS) is 13.9. The molecule has 0 aromatic rings. The van der Waals surface area contributed by atoms with Crippen LogP contribution in [0.5, 0.6) is 0 Å². The lowest BCUT2D eigenvalue weighted by molar-refractivity contribution is -0.158. The third-order valence-corrected chi connectivity index (χ3v) is 8.84. The van der Waals surface area contributed by atoms with E-state index in [1.807, 2.05) is 34.0 Å². The number of allylic oxidation sites excluding steroid dienone is 5. The van der Waals surface area contributed by atoms with Gasteiger partial charge >= 0.3 is 29.8 Å². The number of methoxy groups -OCH3 is 1. The number of carboxylic acid groups (broad SMARTS) is 2. The van der Waals surface area contributed by atoms with Crippen LogP contribution in [0.1, 0.15) is 101 Å². The van der Waals surface area contributed by atoms with Gasteiger partial charge in [-0.3, -0.25) is 19.2 Å². The molecule has 5 atom stereocenters. The van der Waals surface area contributed by atoms with Gasteiger partial charge in [-0.25, -0.2) is 4.79 Å². The van der Waals surface area contributed by atoms with Gasteiger partial charge < -0.3 is 42.6 Å². The molecule has 304 valence electrons. The topological polar surface area (TPSA) is 248 Å². The predicted octanol–water partition coefficient (Wildman–Crippen LogP) is 5.29. The predicted molar refractivity (Wildman–Crippen MR) is 216 cm³/mol. The summed E-state index contributed by atoms with van der Waals surface area (Å²) in [7, 11) is 1.34. The Labute approximate surface area is 321 Å². The summed E-state index contributed by atoms with van der Waals surface area (Å²) in [6, 6.07) is -2.61. The van der Waals surface area contributed by atoms with E-state index >= 15 is 0 Å². The van der Waals surface area contributed by atoms with Gasteiger partial charge in [-0.2, -0.15) is 23.5 Å². The monoisotopic (exact) mass is 778 g/mol. The zero-order valence-electron chi connectivity index (χ0n) is 33.4. The fourth-order valence-electron chi connectivity index (χ4n) is 3.29. The molecule has 0 radical (unpaired) electrons. The molecule has 0 amide bonds. The Balaban J connectivity index is -0.000000347. The van der Waals surface area contributed by atoms with Gasteiger partial charge in [0.1, 0.15) is 24.2 Å². The molecule has 0 unspecified atom stereocenters. The van der Waals surface area contributed by atoms with Crippen molar-refractivity contribution in [2.24, 2.45) is 34.8 Å². The van der Waals surface area contributed by atoms with E-state index in [1.54, 1.807) is 23.5 Å². The molecule has 0 aromatic carbocycles. The van der Waals surface area contributed by atoms with Crippen molar-refractivity contribution in [2.75, 3.05) is 30.6 Å². The van der Waals surface area contributed by atoms with Gasteiger partial charge in [-0.1, -0.05) is 69.1 Å². The first-order chi connectivity index (χ1) is 24.1. The Kier molecular flexibility index (Phi) is 38.1. The number of ether oxygens (including phenoxy) is 2. The number of esters is 3. The molecule has 0 aromatic heterocycles. The van der Waals surface area contributed by atoms with Crippen LogP contribution in [0, 0.1) is 11.8 Å². The third kappa shape index (κ3) is 37.1. The number of carboxylic acids is 2. The standard InChI is InChI=1S/C20H33NO3S.2C6H13NO2.C5H11NO2S/c1-15(2)8-6-9-16(3)10-7-11-17(4)12-13-25-14-19(21)20(23)24-18(5)22;1-4(2)5(7)6(8)9-3;1-3-4(2)5(7)6(8)9;1-9-3-2-4(6)5(7)8/h8,10,12,19H,6-7,9,11,13-14,21H2,1-5H3;4-5H,7H2,1-3H3;4-5H,3,7H2,1-2H3,(H,8,9);4H,2-3,6H2,1H3,(H,7,8)/b16-10+,17-12+;;;/t19-;5-;4-,5-;4-/m0000/s1. The minimum absolute atomic E-state index is 0.0718. The minimum atomic E-state index is -0.913. The molecule has 0 saturated heterocycles. The molecule has 0 aliphatic rings. The summed E-state index contributed by atoms with van der Waals surface area (Å²) in [6.45, 7) is 17.3. The Hall–Kier alpha value is -2.69. The molecule has 0 heterocycles. The molecular weight excluding hydrogens is 709 g/mol. The lowest BCUT2D eigenvalue weighted by Gasteiger charge is -2.11. The van der Waals surface area contributed by atoms with E-state index in [0.29, 0.717) is 12.2 Å². The molecule has 0 bridgehead atoms. The van der Waals surface area contributed by atoms with Crippen LogP contribution in [-0.2, 0) is 33.4 Å². The lowest BCUT2D eigenvalue weighted by atomic mass is 10.0. The summed E-state index contributed by atoms with van der Waals surface area (Å²) in [6.07, 6.45) is 14.4. The van der Waals surface area contributed by atoms with Gasteiger partial charge in [-0.05, 0) is 83.6 Å². The number of carbonyl (C=O) groups is 5. The maximum Gasteiger partial charge on any atom is 0.331 e. The van der Waals surface area contributed by atoms with Crippen LogP contribution in [-0.4, -0.2) is 94.9 Å². The van der Waals surface area contributed by atoms with Gasteiger partial charge in [0.25, 0.3) is 0 Å². The van der Waals surface area contributed by atoms with Crippen LogP contribution in [0.3, 0.4) is 0 Å². The molecule has 0 saturated carbocycles. The number of nitrogens with two attached hydrogens (primary N) is 4. The Morgan fingerprint density at radius 3 is 1.63 bits per heavy atom. The van der Waals surface area contributed by atoms with E-state index in [1.165, 1.54) is 30.8 Å². The van der Waals surface area contributed by atoms with Gasteiger partial charge in [0, 0.05) is 18.4 Å². The SMILES string of the molecule is CC(=O)OC(=O)[C@@H](N)CSC/C=C(\C)CC/C=C(\C)CCC=C(C)C.CC[C@H](C)[C@H](N)C(=O)O.COC(=O)[C@@H](N)C(C)C.CSCC[C@H](N)C(=O)O. The molecule has 0 rings (SSSR count). The molecule has 13 nitrogen and oxygen atoms in total. The van der Waals surface area contributed by atoms with Crippen LogP contribution < -0.4 is 22.9 Å². The van der Waals surface area contributed by atoms with Crippen molar-refractivity contribution >= 4 is 53.4 Å². The lowest BCUT2D eigenvalue weighted by Crippen LogP contribution is -2.36. The second-order valence-electron chi connectivity index (χ2n) is 12.8. The van der Waals surface area contributed by atoms with Crippen LogP contribution in [0.4, 0.5) is 0 Å². The van der Waals surface area contributed by atoms with Crippen molar-refractivity contribution < 1.29 is 43.7 Å². The summed E-state index contributed by atoms with van der Waals surface area (Å²) in [5.74, 6) is -1.17. The maximum absolute atomic E-state index is 11.4. The average Bonchev–Trinajstić information content (AvgIpc) is 3.07. The van der Waals surface area contributed by atoms with Gasteiger partial charge in [0.15, 0.2) is 0 Å². The first-order valence-electron chi connectivity index (χ1n) is 17.4. The van der Waals surface area contributed by atoms with Crippen molar-refractivity contribution in [2.45, 2.75) is 125 Å². The fourth-order valence-corrected chi connectivity index (χ4v) is 4.71. The Morgan fingerprint density at radius 2 is 1.27 bits per heavy atom. The third-order valence-electron chi connectivity index (χ3n) is 7.20. The quantitative estimate of drug-likeness (QED) is 0.0397. The van der Waals surface area contributed by atoms with Crippen LogP contribution in [0.2, 0.25) is 0 Å². The molecule has 10 N–H and O–H groups in total. The summed E-state index contributed by atoms with van der Waals surface area (Å²) in [4.78, 5) is 52.9. The first-order valence-corrected chi connectivity index (χ1v) is 19.9. The van der Waals surface area contributed by atoms with Crippen molar-refractivity contribution in [3.05, 3.63) is 34.9 Å². The van der Waals surface area contributed by atoms with E-state index in [4.69, 9.17) is 33.1 Å². The van der Waals surface area contributed by atoms with E-state index in [9.17, 15) is 24.0 Å². The van der Waals surface area contributed by atoms with E-state index in [0.717, 1.165) is 43.6 Å². The summed E-state index contributed by atoms with van der Waals surface area (Å²) in [5.41, 5.74) is 25.7. The van der Waals surface area contributed by atoms with Crippen molar-refractivity contribution in [3.63, 3.8) is 0 Å². The van der Waals surface area contributed by atoms with Gasteiger partial charge in [0.2, 0.25) is 0 Å². The van der Waals surface area contributed by atoms with E-state index in [-0.39, 0.29) is 17.8 Å². The molecule has 0 aliphatic carbocycles. The zero-order chi connectivity index (χ0) is 41.4. The van der Waals surface area contributed by atoms with Crippen LogP contribution in [0.15, 0.2) is 34.9 Å². The maximum atomic E-state index is 11.4. The Bertz CT molecular complexity index is 1110. The fraction of sp³-hybridized carbons (Fsp3) is 0.703. The van der Waals surface area contributed by atoms with E-state index < -0.39 is 48.0 Å². The van der Waals surface area contributed by atoms with Crippen molar-refractivity contribution in [1.82, 2.24) is 0 Å². The molecule has 15 heteroatoms. The Morgan fingerprint density at radius 1 is 0.750 bits per heavy atom. The number of aliphatic carboxylic acids is 2. The highest BCUT2D eigenvalue weighted by molar-refractivity contribution is 7.99. The summed E-state index contributed by atoms with van der Waals surface area (Å²) < 4.78 is 8.87. The average molecular weight is 779 g/mol. The van der Waals surface area contributed by atoms with Crippen LogP contribution in [0.25, 0.3) is 0 Å². The number of rotatable bonds is 20. The number of hydrogen-bond acceptors (Lipinski definition) is 13. The molecular formula is C37H70N4O9S2. The first kappa shape index (κ1) is 56.1. The van der Waals surface area contributed by atoms with Gasteiger partial charge in [0.05, 0.1) is 7.11 Å².